The highest BCUT2D eigenvalue weighted by Gasteiger charge is 2.22. The van der Waals surface area contributed by atoms with E-state index in [1.807, 2.05) is 125 Å². The van der Waals surface area contributed by atoms with Gasteiger partial charge < -0.3 is 38.3 Å². The highest BCUT2D eigenvalue weighted by Crippen LogP contribution is 2.24. The number of benzene rings is 3. The predicted molar refractivity (Wildman–Crippen MR) is 381 cm³/mol. The molecule has 18 nitrogen and oxygen atoms in total. The smallest absolute Gasteiger partial charge is 0.306 e. The fourth-order valence-corrected chi connectivity index (χ4v) is 10.7. The lowest BCUT2D eigenvalue weighted by atomic mass is 9.93. The van der Waals surface area contributed by atoms with Crippen molar-refractivity contribution >= 4 is 107 Å². The van der Waals surface area contributed by atoms with Gasteiger partial charge in [0.1, 0.15) is 69.6 Å². The molecule has 0 aliphatic heterocycles. The number of aromatic amines is 1. The number of nitrogens with one attached hydrogen (secondary N) is 1. The van der Waals surface area contributed by atoms with Gasteiger partial charge in [0.2, 0.25) is 0 Å². The van der Waals surface area contributed by atoms with Gasteiger partial charge in [-0.25, -0.2) is 0 Å². The molecule has 20 heteroatoms. The minimum atomic E-state index is -0.363. The van der Waals surface area contributed by atoms with Crippen LogP contribution in [-0.2, 0) is 89.5 Å². The number of carbonyl (C=O) groups is 12. The minimum Gasteiger partial charge on any atom is -0.490 e. The van der Waals surface area contributed by atoms with Crippen molar-refractivity contribution in [2.45, 2.75) is 146 Å². The quantitative estimate of drug-likeness (QED) is 0.0142. The van der Waals surface area contributed by atoms with E-state index in [9.17, 15) is 57.5 Å². The largest absolute Gasteiger partial charge is 0.490 e. The molecule has 524 valence electrons. The highest BCUT2D eigenvalue weighted by molar-refractivity contribution is 8.13. The lowest BCUT2D eigenvalue weighted by molar-refractivity contribution is -0.146. The molecule has 0 amide bonds. The van der Waals surface area contributed by atoms with Gasteiger partial charge in [-0.05, 0) is 166 Å². The fourth-order valence-electron chi connectivity index (χ4n) is 9.38. The SMILES string of the molecule is C/C=C(/C=O)[C@@H](CC)CC(=O)OCC.C/C=C(/C=O)[C@@H](CC)CC(=O)OCCOc1ccccc1.C/C=C(/C=O)[C@@H](CC)CC(=O)OCc1cc2ccccc2[nH]1.C/C=C(/C=O)[C@@H](CC=O)CC(=O)OCCCSC.C/C=C(/C=O)[C@@H](CC=O)CC(=O)SCCc1ccccc1. The second-order valence-corrected chi connectivity index (χ2v) is 23.5. The molecule has 0 bridgehead atoms. The zero-order valence-electron chi connectivity index (χ0n) is 57.7. The van der Waals surface area contributed by atoms with Gasteiger partial charge in [0.25, 0.3) is 0 Å². The fraction of sp³-hybridized carbons (Fsp3) is 0.447. The Morgan fingerprint density at radius 3 is 1.32 bits per heavy atom. The van der Waals surface area contributed by atoms with Crippen LogP contribution in [-0.4, -0.2) is 122 Å². The maximum Gasteiger partial charge on any atom is 0.306 e. The summed E-state index contributed by atoms with van der Waals surface area (Å²) in [5.41, 5.74) is 6.08. The summed E-state index contributed by atoms with van der Waals surface area (Å²) in [6.45, 7) is 18.0. The number of para-hydroxylation sites is 2. The van der Waals surface area contributed by atoms with Crippen LogP contribution in [0.2, 0.25) is 0 Å². The molecule has 1 N–H and O–H groups in total. The molecule has 1 heterocycles. The molecule has 0 saturated carbocycles. The van der Waals surface area contributed by atoms with E-state index < -0.39 is 0 Å². The first kappa shape index (κ1) is 87.6. The number of thioether (sulfide) groups is 2. The lowest BCUT2D eigenvalue weighted by Gasteiger charge is -2.14. The number of carbonyl (C=O) groups excluding carboxylic acids is 12. The first-order valence-corrected chi connectivity index (χ1v) is 34.8. The van der Waals surface area contributed by atoms with Crippen LogP contribution >= 0.6 is 23.5 Å². The molecular formula is C76H101NO17S2. The van der Waals surface area contributed by atoms with Crippen molar-refractivity contribution < 1.29 is 81.2 Å². The molecule has 0 saturated heterocycles. The van der Waals surface area contributed by atoms with Gasteiger partial charge >= 0.3 is 23.9 Å². The molecule has 0 aliphatic rings. The number of esters is 4. The van der Waals surface area contributed by atoms with E-state index in [-0.39, 0.29) is 110 Å². The van der Waals surface area contributed by atoms with Crippen molar-refractivity contribution in [1.29, 1.82) is 0 Å². The Labute approximate surface area is 576 Å². The van der Waals surface area contributed by atoms with E-state index >= 15 is 0 Å². The molecule has 96 heavy (non-hydrogen) atoms. The van der Waals surface area contributed by atoms with Gasteiger partial charge in [-0.1, -0.05) is 130 Å². The molecule has 3 aromatic carbocycles. The zero-order chi connectivity index (χ0) is 71.7. The summed E-state index contributed by atoms with van der Waals surface area (Å²) in [4.78, 5) is 137. The molecule has 1 aromatic heterocycles. The molecule has 4 rings (SSSR count). The number of rotatable bonds is 41. The van der Waals surface area contributed by atoms with Crippen LogP contribution < -0.4 is 4.74 Å². The van der Waals surface area contributed by atoms with Crippen LogP contribution in [0.25, 0.3) is 10.9 Å². The summed E-state index contributed by atoms with van der Waals surface area (Å²) in [5.74, 6) is 0.417. The van der Waals surface area contributed by atoms with Crippen molar-refractivity contribution in [1.82, 2.24) is 4.98 Å². The average molecular weight is 1360 g/mol. The summed E-state index contributed by atoms with van der Waals surface area (Å²) in [6, 6.07) is 29.2. The van der Waals surface area contributed by atoms with Crippen molar-refractivity contribution in [3.63, 3.8) is 0 Å². The normalized spacial score (nSPS) is 12.9. The molecule has 5 atom stereocenters. The van der Waals surface area contributed by atoms with Gasteiger partial charge in [-0.3, -0.25) is 47.9 Å². The van der Waals surface area contributed by atoms with E-state index in [1.54, 1.807) is 76.8 Å². The molecule has 0 spiro atoms. The Balaban J connectivity index is 0.00000118. The first-order chi connectivity index (χ1) is 46.5. The molecule has 0 radical (unpaired) electrons. The maximum absolute atomic E-state index is 12.0. The third-order valence-corrected chi connectivity index (χ3v) is 16.5. The topological polar surface area (TPSA) is 267 Å². The highest BCUT2D eigenvalue weighted by atomic mass is 32.2. The number of hydrogen-bond donors (Lipinski definition) is 1. The van der Waals surface area contributed by atoms with Crippen LogP contribution in [0.3, 0.4) is 0 Å². The van der Waals surface area contributed by atoms with Gasteiger partial charge in [0.05, 0.1) is 44.6 Å². The second kappa shape index (κ2) is 56.9. The van der Waals surface area contributed by atoms with Crippen molar-refractivity contribution in [2.24, 2.45) is 29.6 Å². The summed E-state index contributed by atoms with van der Waals surface area (Å²) in [6.07, 6.45) is 21.2. The number of ether oxygens (including phenoxy) is 5. The van der Waals surface area contributed by atoms with Crippen molar-refractivity contribution in [2.75, 3.05) is 44.2 Å². The van der Waals surface area contributed by atoms with Gasteiger partial charge in [0.15, 0.2) is 5.12 Å². The van der Waals surface area contributed by atoms with Crippen molar-refractivity contribution in [3.8, 4) is 5.75 Å². The molecular weight excluding hydrogens is 1260 g/mol. The number of fused-ring (bicyclic) bond motifs is 1. The third-order valence-electron chi connectivity index (χ3n) is 14.9. The number of aldehydes is 7. The summed E-state index contributed by atoms with van der Waals surface area (Å²) in [5, 5.41) is 1.12. The Hall–Kier alpha value is -8.36. The molecule has 0 fully saturated rings. The van der Waals surface area contributed by atoms with Crippen LogP contribution in [0, 0.1) is 29.6 Å². The lowest BCUT2D eigenvalue weighted by Crippen LogP contribution is -2.17. The number of H-pyrrole nitrogens is 1. The van der Waals surface area contributed by atoms with E-state index in [0.717, 1.165) is 97.9 Å². The predicted octanol–water partition coefficient (Wildman–Crippen LogP) is 14.3. The van der Waals surface area contributed by atoms with E-state index in [1.165, 1.54) is 17.3 Å². The Bertz CT molecular complexity index is 3060. The maximum atomic E-state index is 12.0. The van der Waals surface area contributed by atoms with Gasteiger partial charge in [0, 0.05) is 42.4 Å². The number of hydrogen-bond acceptors (Lipinski definition) is 19. The van der Waals surface area contributed by atoms with E-state index in [0.29, 0.717) is 66.1 Å². The number of aryl methyl sites for hydroxylation is 1. The van der Waals surface area contributed by atoms with E-state index in [4.69, 9.17) is 23.7 Å². The van der Waals surface area contributed by atoms with Crippen LogP contribution in [0.1, 0.15) is 144 Å². The van der Waals surface area contributed by atoms with Crippen LogP contribution in [0.15, 0.2) is 149 Å². The standard InChI is InChI=1S/C18H21NO3.C17H22O4.C17H20O3S.C13H20O4S.C11H18O3/c1-3-13(14(4-2)11-20)10-18(21)22-12-16-9-15-7-5-6-8-17(15)19-16;1-3-14(15(4-2)13-18)12-17(19)21-11-10-20-16-8-6-5-7-9-16;1-2-15(13-19)16(8-10-18)12-17(20)21-11-9-14-6-4-3-5-7-14;1-3-11(10-15)12(5-6-14)9-13(16)17-7-4-8-18-2;1-4-9(10(5-2)8-12)7-11(13)14-6-3/h4-9,11,13,19H,3,10,12H2,1-2H3;4-9,13-14H,3,10-12H2,1-2H3;2-7,10,13,16H,8-9,11-12H2,1H3;3,6,10,12H,4-5,7-9H2,1-2H3;5,8-9H,4,6-7H2,1-3H3/b14-4-;15-4-;15-2-;11-3-;10-5-/t13-;14-;16-;12-;9-/m00000/s1. The van der Waals surface area contributed by atoms with Gasteiger partial charge in [-0.2, -0.15) is 11.8 Å². The van der Waals surface area contributed by atoms with Crippen molar-refractivity contribution in [3.05, 3.63) is 160 Å². The third kappa shape index (κ3) is 38.9. The molecule has 0 unspecified atom stereocenters. The summed E-state index contributed by atoms with van der Waals surface area (Å²) in [7, 11) is 0. The van der Waals surface area contributed by atoms with E-state index in [2.05, 4.69) is 4.98 Å². The average Bonchev–Trinajstić information content (AvgIpc) is 1.77. The van der Waals surface area contributed by atoms with Crippen LogP contribution in [0.4, 0.5) is 0 Å². The summed E-state index contributed by atoms with van der Waals surface area (Å²) < 4.78 is 25.8. The first-order valence-electron chi connectivity index (χ1n) is 32.5. The second-order valence-electron chi connectivity index (χ2n) is 21.3. The zero-order valence-corrected chi connectivity index (χ0v) is 59.3. The molecule has 4 aromatic rings. The Kier molecular flexibility index (Phi) is 52.0. The van der Waals surface area contributed by atoms with Gasteiger partial charge in [-0.15, -0.1) is 0 Å². The van der Waals surface area contributed by atoms with Crippen LogP contribution in [0.5, 0.6) is 5.75 Å². The Morgan fingerprint density at radius 1 is 0.469 bits per heavy atom. The molecule has 0 aliphatic carbocycles. The minimum absolute atomic E-state index is 0.00319. The summed E-state index contributed by atoms with van der Waals surface area (Å²) >= 11 is 2.96. The number of aromatic nitrogens is 1. The number of allylic oxidation sites excluding steroid dienone is 10. The Morgan fingerprint density at radius 2 is 0.885 bits per heavy atom. The monoisotopic (exact) mass is 1360 g/mol.